The van der Waals surface area contributed by atoms with Gasteiger partial charge >= 0.3 is 0 Å². The predicted molar refractivity (Wildman–Crippen MR) is 78.3 cm³/mol. The van der Waals surface area contributed by atoms with Crippen LogP contribution in [0, 0.1) is 0 Å². The first kappa shape index (κ1) is 14.0. The van der Waals surface area contributed by atoms with Gasteiger partial charge in [-0.1, -0.05) is 36.8 Å². The number of hydrogen-bond acceptors (Lipinski definition) is 4. The van der Waals surface area contributed by atoms with E-state index >= 15 is 0 Å². The third-order valence-electron chi connectivity index (χ3n) is 4.65. The minimum absolute atomic E-state index is 0.0424. The van der Waals surface area contributed by atoms with Crippen LogP contribution in [0.5, 0.6) is 0 Å². The molecular formula is C16H24N2O2. The highest BCUT2D eigenvalue weighted by Crippen LogP contribution is 2.27. The lowest BCUT2D eigenvalue weighted by molar-refractivity contribution is -0.0921. The monoisotopic (exact) mass is 276 g/mol. The fourth-order valence-corrected chi connectivity index (χ4v) is 3.55. The summed E-state index contributed by atoms with van der Waals surface area (Å²) in [7, 11) is 0. The molecule has 1 aromatic rings. The molecule has 2 aliphatic heterocycles. The second-order valence-corrected chi connectivity index (χ2v) is 6.01. The molecule has 2 heterocycles. The molecule has 0 bridgehead atoms. The van der Waals surface area contributed by atoms with Crippen LogP contribution in [0.2, 0.25) is 0 Å². The molecule has 2 fully saturated rings. The molecule has 3 N–H and O–H groups in total. The Balaban J connectivity index is 1.68. The molecule has 2 saturated heterocycles. The van der Waals surface area contributed by atoms with Gasteiger partial charge in [-0.15, -0.1) is 0 Å². The van der Waals surface area contributed by atoms with E-state index in [2.05, 4.69) is 22.3 Å². The van der Waals surface area contributed by atoms with Crippen LogP contribution in [0.15, 0.2) is 30.3 Å². The van der Waals surface area contributed by atoms with Gasteiger partial charge in [0.25, 0.3) is 0 Å². The maximum Gasteiger partial charge on any atom is 0.0979 e. The third kappa shape index (κ3) is 2.88. The van der Waals surface area contributed by atoms with Gasteiger partial charge in [0, 0.05) is 19.1 Å². The quantitative estimate of drug-likeness (QED) is 0.762. The van der Waals surface area contributed by atoms with Gasteiger partial charge in [-0.2, -0.15) is 0 Å². The summed E-state index contributed by atoms with van der Waals surface area (Å²) in [6.45, 7) is 2.38. The van der Waals surface area contributed by atoms with E-state index in [1.165, 1.54) is 18.4 Å². The van der Waals surface area contributed by atoms with E-state index in [4.69, 9.17) is 0 Å². The number of nitrogens with one attached hydrogen (secondary N) is 1. The summed E-state index contributed by atoms with van der Waals surface area (Å²) in [5, 5.41) is 23.8. The van der Waals surface area contributed by atoms with Crippen LogP contribution in [0.25, 0.3) is 0 Å². The summed E-state index contributed by atoms with van der Waals surface area (Å²) in [6, 6.07) is 10.5. The van der Waals surface area contributed by atoms with Crippen molar-refractivity contribution in [3.05, 3.63) is 35.9 Å². The van der Waals surface area contributed by atoms with E-state index in [1.54, 1.807) is 0 Å². The van der Waals surface area contributed by atoms with Gasteiger partial charge in [-0.3, -0.25) is 4.90 Å². The van der Waals surface area contributed by atoms with Crippen LogP contribution < -0.4 is 5.32 Å². The van der Waals surface area contributed by atoms with Crippen molar-refractivity contribution < 1.29 is 10.2 Å². The number of nitrogens with zero attached hydrogens (tertiary/aromatic N) is 1. The fraction of sp³-hybridized carbons (Fsp3) is 0.625. The molecule has 4 nitrogen and oxygen atoms in total. The molecule has 0 radical (unpaired) electrons. The van der Waals surface area contributed by atoms with Crippen LogP contribution in [0.4, 0.5) is 0 Å². The number of benzene rings is 1. The van der Waals surface area contributed by atoms with Crippen molar-refractivity contribution in [2.24, 2.45) is 0 Å². The van der Waals surface area contributed by atoms with E-state index in [-0.39, 0.29) is 6.04 Å². The maximum absolute atomic E-state index is 10.3. The summed E-state index contributed by atoms with van der Waals surface area (Å²) in [4.78, 5) is 2.34. The second-order valence-electron chi connectivity index (χ2n) is 6.01. The number of hydrogen-bond donors (Lipinski definition) is 3. The number of aliphatic hydroxyl groups is 2. The molecule has 4 atom stereocenters. The van der Waals surface area contributed by atoms with Crippen molar-refractivity contribution in [2.75, 3.05) is 13.1 Å². The summed E-state index contributed by atoms with van der Waals surface area (Å²) in [6.07, 6.45) is 2.21. The van der Waals surface area contributed by atoms with Gasteiger partial charge < -0.3 is 15.5 Å². The maximum atomic E-state index is 10.3. The average molecular weight is 276 g/mol. The number of aliphatic hydroxyl groups excluding tert-OH is 2. The van der Waals surface area contributed by atoms with Gasteiger partial charge in [0.1, 0.15) is 0 Å². The number of rotatable bonds is 3. The Bertz CT molecular complexity index is 426. The van der Waals surface area contributed by atoms with Gasteiger partial charge in [0.15, 0.2) is 0 Å². The van der Waals surface area contributed by atoms with Crippen molar-refractivity contribution in [3.63, 3.8) is 0 Å². The summed E-state index contributed by atoms with van der Waals surface area (Å²) in [5.41, 5.74) is 1.21. The summed E-state index contributed by atoms with van der Waals surface area (Å²) >= 11 is 0. The highest BCUT2D eigenvalue weighted by Gasteiger charge is 2.42. The molecule has 0 amide bonds. The molecular weight excluding hydrogens is 252 g/mol. The lowest BCUT2D eigenvalue weighted by atomic mass is 9.85. The van der Waals surface area contributed by atoms with Crippen LogP contribution in [0.1, 0.15) is 24.8 Å². The molecule has 2 aliphatic rings. The van der Waals surface area contributed by atoms with Crippen LogP contribution >= 0.6 is 0 Å². The Hall–Kier alpha value is -0.940. The Kier molecular flexibility index (Phi) is 4.36. The molecule has 0 spiro atoms. The molecule has 1 aromatic carbocycles. The zero-order valence-corrected chi connectivity index (χ0v) is 11.8. The van der Waals surface area contributed by atoms with Gasteiger partial charge in [0.05, 0.1) is 18.2 Å². The van der Waals surface area contributed by atoms with E-state index in [0.717, 1.165) is 19.5 Å². The minimum Gasteiger partial charge on any atom is -0.389 e. The lowest BCUT2D eigenvalue weighted by Gasteiger charge is -2.48. The molecule has 4 heteroatoms. The number of fused-ring (bicyclic) bond motifs is 1. The van der Waals surface area contributed by atoms with E-state index in [9.17, 15) is 10.2 Å². The van der Waals surface area contributed by atoms with E-state index < -0.39 is 12.2 Å². The normalized spacial score (nSPS) is 34.7. The minimum atomic E-state index is -0.668. The first-order valence-electron chi connectivity index (χ1n) is 7.63. The van der Waals surface area contributed by atoms with Crippen molar-refractivity contribution >= 4 is 0 Å². The Labute approximate surface area is 120 Å². The van der Waals surface area contributed by atoms with Gasteiger partial charge in [-0.25, -0.2) is 0 Å². The molecule has 110 valence electrons. The largest absolute Gasteiger partial charge is 0.389 e. The van der Waals surface area contributed by atoms with Crippen LogP contribution in [0.3, 0.4) is 0 Å². The van der Waals surface area contributed by atoms with Crippen molar-refractivity contribution in [2.45, 2.75) is 50.1 Å². The fourth-order valence-electron chi connectivity index (χ4n) is 3.55. The highest BCUT2D eigenvalue weighted by molar-refractivity contribution is 5.15. The average Bonchev–Trinajstić information content (AvgIpc) is 2.49. The molecule has 0 saturated carbocycles. The molecule has 20 heavy (non-hydrogen) atoms. The first-order chi connectivity index (χ1) is 9.75. The molecule has 0 aromatic heterocycles. The Morgan fingerprint density at radius 2 is 1.95 bits per heavy atom. The topological polar surface area (TPSA) is 55.7 Å². The van der Waals surface area contributed by atoms with Crippen molar-refractivity contribution in [1.29, 1.82) is 0 Å². The predicted octanol–water partition coefficient (Wildman–Crippen LogP) is 0.735. The van der Waals surface area contributed by atoms with Gasteiger partial charge in [-0.05, 0) is 24.9 Å². The molecule has 0 unspecified atom stereocenters. The van der Waals surface area contributed by atoms with E-state index in [0.29, 0.717) is 12.6 Å². The third-order valence-corrected chi connectivity index (χ3v) is 4.65. The zero-order valence-electron chi connectivity index (χ0n) is 11.8. The van der Waals surface area contributed by atoms with Crippen molar-refractivity contribution in [1.82, 2.24) is 10.2 Å². The summed E-state index contributed by atoms with van der Waals surface area (Å²) < 4.78 is 0. The van der Waals surface area contributed by atoms with Gasteiger partial charge in [0.2, 0.25) is 0 Å². The molecule has 3 rings (SSSR count). The number of piperidine rings is 2. The molecule has 0 aliphatic carbocycles. The smallest absolute Gasteiger partial charge is 0.0979 e. The van der Waals surface area contributed by atoms with E-state index in [1.807, 2.05) is 18.2 Å². The Morgan fingerprint density at radius 3 is 2.75 bits per heavy atom. The summed E-state index contributed by atoms with van der Waals surface area (Å²) in [5.74, 6) is 0. The Morgan fingerprint density at radius 1 is 1.15 bits per heavy atom. The first-order valence-corrected chi connectivity index (χ1v) is 7.63. The standard InChI is InChI=1S/C16H24N2O2/c19-14-11-18-9-5-4-8-13(18)15(16(14)20)17-10-12-6-2-1-3-7-12/h1-3,6-7,13-17,19-20H,4-5,8-11H2/t13-,14+,15-,16-/m0/s1. The highest BCUT2D eigenvalue weighted by atomic mass is 16.3. The van der Waals surface area contributed by atoms with Crippen LogP contribution in [-0.4, -0.2) is 52.5 Å². The zero-order chi connectivity index (χ0) is 13.9. The van der Waals surface area contributed by atoms with Crippen LogP contribution in [-0.2, 0) is 6.54 Å². The van der Waals surface area contributed by atoms with Crippen molar-refractivity contribution in [3.8, 4) is 0 Å². The second kappa shape index (κ2) is 6.22. The lowest BCUT2D eigenvalue weighted by Crippen LogP contribution is -2.66. The SMILES string of the molecule is O[C@@H]1[C@@H](NCc2ccccc2)[C@@H]2CCCCN2C[C@H]1O.